The molecule has 0 aromatic heterocycles. The van der Waals surface area contributed by atoms with Crippen molar-refractivity contribution in [1.29, 1.82) is 0 Å². The summed E-state index contributed by atoms with van der Waals surface area (Å²) >= 11 is 0. The van der Waals surface area contributed by atoms with E-state index in [4.69, 9.17) is 0 Å². The van der Waals surface area contributed by atoms with Gasteiger partial charge in [0.05, 0.1) is 10.9 Å². The largest absolute Gasteiger partial charge is 0.345 e. The van der Waals surface area contributed by atoms with Gasteiger partial charge in [-0.25, -0.2) is 8.42 Å². The first kappa shape index (κ1) is 19.2. The van der Waals surface area contributed by atoms with Gasteiger partial charge in [0.1, 0.15) is 0 Å². The first-order valence-corrected chi connectivity index (χ1v) is 11.4. The predicted octanol–water partition coefficient (Wildman–Crippen LogP) is 3.59. The fourth-order valence-corrected chi connectivity index (χ4v) is 5.75. The molecule has 1 N–H and O–H groups in total. The zero-order valence-corrected chi connectivity index (χ0v) is 17.0. The molecular weight excluding hydrogens is 372 g/mol. The second kappa shape index (κ2) is 7.68. The molecule has 0 spiro atoms. The van der Waals surface area contributed by atoms with Gasteiger partial charge in [-0.15, -0.1) is 0 Å². The van der Waals surface area contributed by atoms with Gasteiger partial charge in [0.15, 0.2) is 0 Å². The molecule has 1 unspecified atom stereocenters. The lowest BCUT2D eigenvalue weighted by Crippen LogP contribution is -2.36. The molecule has 148 valence electrons. The highest BCUT2D eigenvalue weighted by Crippen LogP contribution is 2.31. The van der Waals surface area contributed by atoms with Gasteiger partial charge < -0.3 is 5.32 Å². The standard InChI is InChI=1S/C22H26N2O3S/c1-16-9-11-18(28(26,27)24-13-5-2-6-14-24)15-20(16)22(25)23-21-12-10-17-7-3-4-8-19(17)21/h3-4,7-9,11,15,21H,2,5-6,10,12-14H2,1H3,(H,23,25). The molecule has 1 aliphatic heterocycles. The van der Waals surface area contributed by atoms with Crippen molar-refractivity contribution in [2.24, 2.45) is 0 Å². The Balaban J connectivity index is 1.58. The molecule has 6 heteroatoms. The lowest BCUT2D eigenvalue weighted by atomic mass is 10.1. The van der Waals surface area contributed by atoms with Gasteiger partial charge in [0.2, 0.25) is 10.0 Å². The molecule has 2 aromatic carbocycles. The van der Waals surface area contributed by atoms with Crippen LogP contribution in [0.5, 0.6) is 0 Å². The van der Waals surface area contributed by atoms with Crippen LogP contribution in [-0.4, -0.2) is 31.7 Å². The lowest BCUT2D eigenvalue weighted by molar-refractivity contribution is 0.0936. The minimum absolute atomic E-state index is 0.0227. The first-order valence-electron chi connectivity index (χ1n) is 9.96. The van der Waals surface area contributed by atoms with Gasteiger partial charge in [-0.2, -0.15) is 4.31 Å². The highest BCUT2D eigenvalue weighted by atomic mass is 32.2. The quantitative estimate of drug-likeness (QED) is 0.856. The van der Waals surface area contributed by atoms with Gasteiger partial charge in [0, 0.05) is 18.7 Å². The zero-order valence-electron chi connectivity index (χ0n) is 16.1. The third-order valence-electron chi connectivity index (χ3n) is 5.84. The van der Waals surface area contributed by atoms with Crippen molar-refractivity contribution >= 4 is 15.9 Å². The van der Waals surface area contributed by atoms with E-state index >= 15 is 0 Å². The van der Waals surface area contributed by atoms with Crippen LogP contribution in [0, 0.1) is 6.92 Å². The average molecular weight is 399 g/mol. The van der Waals surface area contributed by atoms with Gasteiger partial charge >= 0.3 is 0 Å². The van der Waals surface area contributed by atoms with Crippen LogP contribution >= 0.6 is 0 Å². The van der Waals surface area contributed by atoms with E-state index in [1.165, 1.54) is 15.9 Å². The van der Waals surface area contributed by atoms with Crippen LogP contribution < -0.4 is 5.32 Å². The van der Waals surface area contributed by atoms with Gasteiger partial charge in [-0.05, 0) is 61.4 Å². The van der Waals surface area contributed by atoms with Crippen LogP contribution in [0.3, 0.4) is 0 Å². The molecule has 1 atom stereocenters. The average Bonchev–Trinajstić information content (AvgIpc) is 3.11. The number of sulfonamides is 1. The SMILES string of the molecule is Cc1ccc(S(=O)(=O)N2CCCCC2)cc1C(=O)NC1CCc2ccccc21. The van der Waals surface area contributed by atoms with Crippen molar-refractivity contribution in [3.8, 4) is 0 Å². The summed E-state index contributed by atoms with van der Waals surface area (Å²) in [6.07, 6.45) is 4.66. The minimum Gasteiger partial charge on any atom is -0.345 e. The molecule has 1 heterocycles. The Morgan fingerprint density at radius 3 is 2.61 bits per heavy atom. The Morgan fingerprint density at radius 1 is 1.07 bits per heavy atom. The Kier molecular flexibility index (Phi) is 5.25. The molecule has 2 aliphatic rings. The minimum atomic E-state index is -3.56. The molecule has 0 bridgehead atoms. The molecule has 1 amide bonds. The number of amides is 1. The number of nitrogens with zero attached hydrogens (tertiary/aromatic N) is 1. The van der Waals surface area contributed by atoms with E-state index in [9.17, 15) is 13.2 Å². The topological polar surface area (TPSA) is 66.5 Å². The lowest BCUT2D eigenvalue weighted by Gasteiger charge is -2.26. The van der Waals surface area contributed by atoms with Crippen LogP contribution in [0.4, 0.5) is 0 Å². The predicted molar refractivity (Wildman–Crippen MR) is 109 cm³/mol. The second-order valence-electron chi connectivity index (χ2n) is 7.71. The maximum atomic E-state index is 13.0. The number of carbonyl (C=O) groups is 1. The summed E-state index contributed by atoms with van der Waals surface area (Å²) in [4.78, 5) is 13.2. The number of piperidine rings is 1. The first-order chi connectivity index (χ1) is 13.5. The molecule has 1 saturated heterocycles. The van der Waals surface area contributed by atoms with Crippen molar-refractivity contribution in [3.63, 3.8) is 0 Å². The number of nitrogens with one attached hydrogen (secondary N) is 1. The van der Waals surface area contributed by atoms with E-state index < -0.39 is 10.0 Å². The summed E-state index contributed by atoms with van der Waals surface area (Å²) in [5.41, 5.74) is 3.64. The second-order valence-corrected chi connectivity index (χ2v) is 9.64. The maximum Gasteiger partial charge on any atom is 0.252 e. The van der Waals surface area contributed by atoms with E-state index in [1.54, 1.807) is 12.1 Å². The normalized spacial score (nSPS) is 20.0. The number of fused-ring (bicyclic) bond motifs is 1. The molecular formula is C22H26N2O3S. The molecule has 1 aliphatic carbocycles. The van der Waals surface area contributed by atoms with Crippen LogP contribution in [0.1, 0.15) is 58.8 Å². The van der Waals surface area contributed by atoms with Crippen molar-refractivity contribution in [3.05, 3.63) is 64.7 Å². The van der Waals surface area contributed by atoms with Crippen molar-refractivity contribution in [2.75, 3.05) is 13.1 Å². The number of hydrogen-bond donors (Lipinski definition) is 1. The van der Waals surface area contributed by atoms with Crippen molar-refractivity contribution in [1.82, 2.24) is 9.62 Å². The highest BCUT2D eigenvalue weighted by molar-refractivity contribution is 7.89. The molecule has 28 heavy (non-hydrogen) atoms. The van der Waals surface area contributed by atoms with Crippen molar-refractivity contribution < 1.29 is 13.2 Å². The van der Waals surface area contributed by atoms with Gasteiger partial charge in [-0.3, -0.25) is 4.79 Å². The summed E-state index contributed by atoms with van der Waals surface area (Å²) in [7, 11) is -3.56. The van der Waals surface area contributed by atoms with E-state index in [-0.39, 0.29) is 16.8 Å². The molecule has 0 radical (unpaired) electrons. The maximum absolute atomic E-state index is 13.0. The number of carbonyl (C=O) groups excluding carboxylic acids is 1. The summed E-state index contributed by atoms with van der Waals surface area (Å²) in [6.45, 7) is 2.95. The Bertz CT molecular complexity index is 995. The van der Waals surface area contributed by atoms with Crippen LogP contribution in [0.25, 0.3) is 0 Å². The number of hydrogen-bond acceptors (Lipinski definition) is 3. The number of benzene rings is 2. The molecule has 0 saturated carbocycles. The Hall–Kier alpha value is -2.18. The van der Waals surface area contributed by atoms with E-state index in [2.05, 4.69) is 17.4 Å². The van der Waals surface area contributed by atoms with Crippen LogP contribution in [0.2, 0.25) is 0 Å². The Labute approximate surface area is 166 Å². The fourth-order valence-electron chi connectivity index (χ4n) is 4.20. The summed E-state index contributed by atoms with van der Waals surface area (Å²) in [5.74, 6) is -0.213. The Morgan fingerprint density at radius 2 is 1.82 bits per heavy atom. The molecule has 5 nitrogen and oxygen atoms in total. The molecule has 1 fully saturated rings. The summed E-state index contributed by atoms with van der Waals surface area (Å²) in [6, 6.07) is 13.0. The van der Waals surface area contributed by atoms with E-state index in [1.807, 2.05) is 19.1 Å². The highest BCUT2D eigenvalue weighted by Gasteiger charge is 2.28. The van der Waals surface area contributed by atoms with E-state index in [0.29, 0.717) is 18.7 Å². The third kappa shape index (κ3) is 3.59. The number of aryl methyl sites for hydroxylation is 2. The monoisotopic (exact) mass is 398 g/mol. The molecule has 4 rings (SSSR count). The summed E-state index contributed by atoms with van der Waals surface area (Å²) in [5, 5.41) is 3.10. The summed E-state index contributed by atoms with van der Waals surface area (Å²) < 4.78 is 27.5. The van der Waals surface area contributed by atoms with E-state index in [0.717, 1.165) is 43.2 Å². The molecule has 2 aromatic rings. The van der Waals surface area contributed by atoms with Crippen LogP contribution in [0.15, 0.2) is 47.4 Å². The van der Waals surface area contributed by atoms with Crippen LogP contribution in [-0.2, 0) is 16.4 Å². The number of rotatable bonds is 4. The zero-order chi connectivity index (χ0) is 19.7. The van der Waals surface area contributed by atoms with Crippen molar-refractivity contribution in [2.45, 2.75) is 50.0 Å². The van der Waals surface area contributed by atoms with Gasteiger partial charge in [-0.1, -0.05) is 36.8 Å². The smallest absolute Gasteiger partial charge is 0.252 e. The third-order valence-corrected chi connectivity index (χ3v) is 7.74. The van der Waals surface area contributed by atoms with Gasteiger partial charge in [0.25, 0.3) is 5.91 Å². The fraction of sp³-hybridized carbons (Fsp3) is 0.409.